The minimum atomic E-state index is -1.15. The Morgan fingerprint density at radius 1 is 1.20 bits per heavy atom. The van der Waals surface area contributed by atoms with Gasteiger partial charge in [-0.15, -0.1) is 0 Å². The van der Waals surface area contributed by atoms with Crippen molar-refractivity contribution in [1.82, 2.24) is 5.16 Å². The molecule has 0 aliphatic carbocycles. The molecule has 0 saturated carbocycles. The summed E-state index contributed by atoms with van der Waals surface area (Å²) < 4.78 is 16.1. The van der Waals surface area contributed by atoms with Crippen molar-refractivity contribution in [3.8, 4) is 22.8 Å². The van der Waals surface area contributed by atoms with E-state index in [0.717, 1.165) is 11.1 Å². The van der Waals surface area contributed by atoms with Gasteiger partial charge in [-0.3, -0.25) is 0 Å². The smallest absolute Gasteiger partial charge is 0.374 e. The Balaban J connectivity index is 2.17. The van der Waals surface area contributed by atoms with Gasteiger partial charge in [0.05, 0.1) is 0 Å². The third kappa shape index (κ3) is 1.89. The summed E-state index contributed by atoms with van der Waals surface area (Å²) in [5, 5.41) is 12.7. The minimum absolute atomic E-state index is 0.205. The fourth-order valence-electron chi connectivity index (χ4n) is 2.16. The zero-order chi connectivity index (χ0) is 14.3. The maximum absolute atomic E-state index is 10.9. The van der Waals surface area contributed by atoms with Crippen molar-refractivity contribution >= 4 is 5.97 Å². The summed E-state index contributed by atoms with van der Waals surface area (Å²) in [5.74, 6) is -0.0851. The molecule has 0 bridgehead atoms. The van der Waals surface area contributed by atoms with E-state index in [-0.39, 0.29) is 5.76 Å². The highest BCUT2D eigenvalue weighted by Gasteiger charge is 2.24. The molecular formula is C14H13NO5. The van der Waals surface area contributed by atoms with Crippen LogP contribution in [-0.2, 0) is 0 Å². The Morgan fingerprint density at radius 2 is 1.90 bits per heavy atom. The largest absolute Gasteiger partial charge is 0.486 e. The lowest BCUT2D eigenvalue weighted by atomic mass is 10.0. The number of hydrogen-bond donors (Lipinski definition) is 1. The van der Waals surface area contributed by atoms with E-state index in [1.165, 1.54) is 6.07 Å². The molecule has 1 aromatic heterocycles. The second kappa shape index (κ2) is 4.56. The Morgan fingerprint density at radius 3 is 2.55 bits per heavy atom. The maximum atomic E-state index is 10.9. The van der Waals surface area contributed by atoms with Gasteiger partial charge in [-0.2, -0.15) is 0 Å². The lowest BCUT2D eigenvalue weighted by Crippen LogP contribution is -2.17. The van der Waals surface area contributed by atoms with Crippen molar-refractivity contribution in [3.63, 3.8) is 0 Å². The first-order chi connectivity index (χ1) is 9.58. The topological polar surface area (TPSA) is 81.8 Å². The highest BCUT2D eigenvalue weighted by atomic mass is 16.6. The van der Waals surface area contributed by atoms with Crippen molar-refractivity contribution in [2.75, 3.05) is 13.2 Å². The standard InChI is InChI=1S/C14H13NO5/c1-7-5-9(10-6-11(14(16)17)20-15-10)13-12(8(7)2)18-3-4-19-13/h5-6H,3-4H2,1-2H3,(H,16,17). The van der Waals surface area contributed by atoms with Crippen LogP contribution in [0.4, 0.5) is 0 Å². The van der Waals surface area contributed by atoms with Crippen LogP contribution in [0.3, 0.4) is 0 Å². The van der Waals surface area contributed by atoms with Crippen molar-refractivity contribution in [2.45, 2.75) is 13.8 Å². The first-order valence-corrected chi connectivity index (χ1v) is 6.18. The average molecular weight is 275 g/mol. The predicted molar refractivity (Wildman–Crippen MR) is 69.4 cm³/mol. The highest BCUT2D eigenvalue weighted by Crippen LogP contribution is 2.43. The summed E-state index contributed by atoms with van der Waals surface area (Å²) in [7, 11) is 0. The Kier molecular flexibility index (Phi) is 2.85. The number of nitrogens with zero attached hydrogens (tertiary/aromatic N) is 1. The first-order valence-electron chi connectivity index (χ1n) is 6.18. The van der Waals surface area contributed by atoms with Crippen LogP contribution in [0.1, 0.15) is 21.7 Å². The predicted octanol–water partition coefficient (Wildman–Crippen LogP) is 2.43. The third-order valence-electron chi connectivity index (χ3n) is 3.32. The number of hydrogen-bond acceptors (Lipinski definition) is 5. The summed E-state index contributed by atoms with van der Waals surface area (Å²) in [5.41, 5.74) is 3.13. The lowest BCUT2D eigenvalue weighted by Gasteiger charge is -2.23. The van der Waals surface area contributed by atoms with Crippen LogP contribution in [0.5, 0.6) is 11.5 Å². The Hall–Kier alpha value is -2.50. The van der Waals surface area contributed by atoms with E-state index in [4.69, 9.17) is 19.1 Å². The normalized spacial score (nSPS) is 13.3. The second-order valence-corrected chi connectivity index (χ2v) is 4.60. The van der Waals surface area contributed by atoms with E-state index in [0.29, 0.717) is 36.0 Å². The molecule has 2 aromatic rings. The minimum Gasteiger partial charge on any atom is -0.486 e. The van der Waals surface area contributed by atoms with E-state index in [2.05, 4.69) is 5.16 Å². The van der Waals surface area contributed by atoms with Crippen LogP contribution in [0.2, 0.25) is 0 Å². The number of ether oxygens (including phenoxy) is 2. The molecule has 1 aromatic carbocycles. The van der Waals surface area contributed by atoms with E-state index in [1.54, 1.807) is 0 Å². The number of benzene rings is 1. The van der Waals surface area contributed by atoms with Crippen LogP contribution < -0.4 is 9.47 Å². The molecule has 0 fully saturated rings. The number of aromatic carboxylic acids is 1. The van der Waals surface area contributed by atoms with Crippen molar-refractivity contribution in [2.24, 2.45) is 0 Å². The quantitative estimate of drug-likeness (QED) is 0.906. The molecule has 1 N–H and O–H groups in total. The molecule has 0 radical (unpaired) electrons. The van der Waals surface area contributed by atoms with Crippen LogP contribution in [0.25, 0.3) is 11.3 Å². The van der Waals surface area contributed by atoms with Gasteiger partial charge < -0.3 is 19.1 Å². The monoisotopic (exact) mass is 275 g/mol. The van der Waals surface area contributed by atoms with Gasteiger partial charge in [-0.1, -0.05) is 5.16 Å². The van der Waals surface area contributed by atoms with Crippen molar-refractivity contribution in [1.29, 1.82) is 0 Å². The molecule has 1 aliphatic rings. The maximum Gasteiger partial charge on any atom is 0.374 e. The second-order valence-electron chi connectivity index (χ2n) is 4.60. The fraction of sp³-hybridized carbons (Fsp3) is 0.286. The highest BCUT2D eigenvalue weighted by molar-refractivity contribution is 5.86. The van der Waals surface area contributed by atoms with E-state index < -0.39 is 5.97 Å². The lowest BCUT2D eigenvalue weighted by molar-refractivity contribution is 0.0652. The van der Waals surface area contributed by atoms with Gasteiger partial charge in [-0.05, 0) is 31.0 Å². The van der Waals surface area contributed by atoms with Gasteiger partial charge in [0.2, 0.25) is 5.76 Å². The molecule has 0 spiro atoms. The van der Waals surface area contributed by atoms with Crippen LogP contribution >= 0.6 is 0 Å². The number of aromatic nitrogens is 1. The summed E-state index contributed by atoms with van der Waals surface area (Å²) in [6.07, 6.45) is 0. The fourth-order valence-corrected chi connectivity index (χ4v) is 2.16. The van der Waals surface area contributed by atoms with Gasteiger partial charge in [0.25, 0.3) is 0 Å². The summed E-state index contributed by atoms with van der Waals surface area (Å²) in [4.78, 5) is 10.9. The molecule has 6 heteroatoms. The summed E-state index contributed by atoms with van der Waals surface area (Å²) >= 11 is 0. The molecule has 1 aliphatic heterocycles. The number of carboxylic acids is 1. The third-order valence-corrected chi connectivity index (χ3v) is 3.32. The molecule has 6 nitrogen and oxygen atoms in total. The molecule has 0 amide bonds. The van der Waals surface area contributed by atoms with E-state index in [1.807, 2.05) is 19.9 Å². The number of rotatable bonds is 2. The van der Waals surface area contributed by atoms with Crippen LogP contribution in [-0.4, -0.2) is 29.4 Å². The van der Waals surface area contributed by atoms with E-state index >= 15 is 0 Å². The molecule has 3 rings (SSSR count). The molecular weight excluding hydrogens is 262 g/mol. The molecule has 0 atom stereocenters. The molecule has 104 valence electrons. The number of aryl methyl sites for hydroxylation is 1. The molecule has 0 unspecified atom stereocenters. The molecule has 2 heterocycles. The van der Waals surface area contributed by atoms with Crippen molar-refractivity contribution < 1.29 is 23.9 Å². The number of carboxylic acid groups (broad SMARTS) is 1. The first kappa shape index (κ1) is 12.5. The average Bonchev–Trinajstić information content (AvgIpc) is 2.93. The summed E-state index contributed by atoms with van der Waals surface area (Å²) in [6, 6.07) is 3.27. The number of fused-ring (bicyclic) bond motifs is 1. The van der Waals surface area contributed by atoms with Gasteiger partial charge in [0, 0.05) is 11.6 Å². The zero-order valence-electron chi connectivity index (χ0n) is 11.1. The summed E-state index contributed by atoms with van der Waals surface area (Å²) in [6.45, 7) is 4.86. The molecule has 0 saturated heterocycles. The van der Waals surface area contributed by atoms with Crippen LogP contribution in [0, 0.1) is 13.8 Å². The van der Waals surface area contributed by atoms with Gasteiger partial charge in [-0.25, -0.2) is 4.79 Å². The van der Waals surface area contributed by atoms with Crippen LogP contribution in [0.15, 0.2) is 16.7 Å². The zero-order valence-corrected chi connectivity index (χ0v) is 11.1. The van der Waals surface area contributed by atoms with Gasteiger partial charge in [0.15, 0.2) is 11.5 Å². The Bertz CT molecular complexity index is 689. The van der Waals surface area contributed by atoms with Gasteiger partial charge >= 0.3 is 5.97 Å². The van der Waals surface area contributed by atoms with E-state index in [9.17, 15) is 4.79 Å². The number of carbonyl (C=O) groups is 1. The van der Waals surface area contributed by atoms with Crippen molar-refractivity contribution in [3.05, 3.63) is 29.0 Å². The van der Waals surface area contributed by atoms with Gasteiger partial charge in [0.1, 0.15) is 18.9 Å². The SMILES string of the molecule is Cc1cc(-c2cc(C(=O)O)on2)c2c(c1C)OCCO2. The molecule has 20 heavy (non-hydrogen) atoms. The Labute approximate surface area is 114 Å².